The summed E-state index contributed by atoms with van der Waals surface area (Å²) in [7, 11) is 0. The molecular weight excluding hydrogens is 520 g/mol. The number of aliphatic carboxylic acids is 1. The number of hydrogen-bond donors (Lipinski definition) is 3. The number of rotatable bonds is 9. The highest BCUT2D eigenvalue weighted by Crippen LogP contribution is 2.35. The van der Waals surface area contributed by atoms with Crippen molar-refractivity contribution in [2.45, 2.75) is 48.8 Å². The molecule has 0 radical (unpaired) electrons. The highest BCUT2D eigenvalue weighted by atomic mass is 32.2. The van der Waals surface area contributed by atoms with Crippen LogP contribution >= 0.6 is 23.1 Å². The lowest BCUT2D eigenvalue weighted by Crippen LogP contribution is -2.73. The molecule has 1 aliphatic carbocycles. The zero-order valence-corrected chi connectivity index (χ0v) is 21.2. The van der Waals surface area contributed by atoms with Gasteiger partial charge in [0.15, 0.2) is 11.4 Å². The molecular formula is C23H25N6O6S2+. The van der Waals surface area contributed by atoms with E-state index in [1.165, 1.54) is 16.7 Å². The number of β-lactam (4-membered cyclic amide) rings is 1. The van der Waals surface area contributed by atoms with Crippen molar-refractivity contribution in [3.05, 3.63) is 47.1 Å². The SMILES string of the molecule is Nc1[nH+]cc(/C(=N/OC2CCCC2)C(=O)N[C@@H]2C(=O)N3C(C(=O)O)=C(CSc4ccncc4)OC[C@H]23)s1. The molecule has 1 saturated heterocycles. The number of nitrogens with one attached hydrogen (secondary N) is 2. The molecule has 2 aliphatic heterocycles. The molecule has 4 heterocycles. The smallest absolute Gasteiger partial charge is 0.356 e. The van der Waals surface area contributed by atoms with Crippen molar-refractivity contribution >= 4 is 51.7 Å². The Morgan fingerprint density at radius 3 is 2.78 bits per heavy atom. The number of ether oxygens (including phenoxy) is 1. The summed E-state index contributed by atoms with van der Waals surface area (Å²) in [5.74, 6) is -2.00. The molecule has 3 aliphatic rings. The molecule has 12 nitrogen and oxygen atoms in total. The number of carboxylic acids is 1. The molecule has 194 valence electrons. The number of carbonyl (C=O) groups is 3. The Morgan fingerprint density at radius 2 is 2.11 bits per heavy atom. The summed E-state index contributed by atoms with van der Waals surface area (Å²) in [6.45, 7) is 0.0461. The highest BCUT2D eigenvalue weighted by molar-refractivity contribution is 7.99. The summed E-state index contributed by atoms with van der Waals surface area (Å²) in [5, 5.41) is 17.0. The number of anilines is 1. The maximum absolute atomic E-state index is 13.2. The van der Waals surface area contributed by atoms with Crippen molar-refractivity contribution in [2.75, 3.05) is 18.1 Å². The third-order valence-electron chi connectivity index (χ3n) is 6.27. The first-order valence-electron chi connectivity index (χ1n) is 11.7. The van der Waals surface area contributed by atoms with Crippen LogP contribution in [0.5, 0.6) is 0 Å². The van der Waals surface area contributed by atoms with E-state index in [0.717, 1.165) is 41.9 Å². The third-order valence-corrected chi connectivity index (χ3v) is 8.15. The number of nitrogen functional groups attached to an aromatic ring is 1. The first kappa shape index (κ1) is 25.0. The predicted octanol–water partition coefficient (Wildman–Crippen LogP) is 1.02. The first-order valence-corrected chi connectivity index (χ1v) is 13.5. The predicted molar refractivity (Wildman–Crippen MR) is 133 cm³/mol. The number of amides is 2. The van der Waals surface area contributed by atoms with Crippen molar-refractivity contribution in [3.8, 4) is 0 Å². The zero-order valence-electron chi connectivity index (χ0n) is 19.6. The maximum atomic E-state index is 13.2. The average Bonchev–Trinajstić information content (AvgIpc) is 3.58. The van der Waals surface area contributed by atoms with Crippen molar-refractivity contribution in [1.29, 1.82) is 0 Å². The van der Waals surface area contributed by atoms with Crippen LogP contribution in [0.1, 0.15) is 30.6 Å². The van der Waals surface area contributed by atoms with Crippen LogP contribution in [-0.2, 0) is 24.0 Å². The van der Waals surface area contributed by atoms with Crippen LogP contribution in [-0.4, -0.2) is 69.0 Å². The summed E-state index contributed by atoms with van der Waals surface area (Å²) < 4.78 is 5.77. The Hall–Kier alpha value is -3.65. The molecule has 37 heavy (non-hydrogen) atoms. The molecule has 2 atom stereocenters. The Bertz CT molecular complexity index is 1260. The molecule has 0 bridgehead atoms. The van der Waals surface area contributed by atoms with Crippen molar-refractivity contribution in [2.24, 2.45) is 5.16 Å². The van der Waals surface area contributed by atoms with Gasteiger partial charge in [0, 0.05) is 17.3 Å². The van der Waals surface area contributed by atoms with Gasteiger partial charge >= 0.3 is 11.1 Å². The average molecular weight is 546 g/mol. The number of carbonyl (C=O) groups excluding carboxylic acids is 2. The lowest BCUT2D eigenvalue weighted by molar-refractivity contribution is -0.354. The molecule has 5 rings (SSSR count). The lowest BCUT2D eigenvalue weighted by atomic mass is 9.92. The summed E-state index contributed by atoms with van der Waals surface area (Å²) in [6, 6.07) is 1.97. The number of oxime groups is 1. The molecule has 5 N–H and O–H groups in total. The monoisotopic (exact) mass is 545 g/mol. The molecule has 14 heteroatoms. The van der Waals surface area contributed by atoms with Gasteiger partial charge in [-0.2, -0.15) is 0 Å². The second-order valence-corrected chi connectivity index (χ2v) is 10.8. The Labute approximate surface area is 219 Å². The van der Waals surface area contributed by atoms with E-state index in [2.05, 4.69) is 20.4 Å². The molecule has 0 unspecified atom stereocenters. The molecule has 1 saturated carbocycles. The second-order valence-electron chi connectivity index (χ2n) is 8.66. The van der Waals surface area contributed by atoms with E-state index < -0.39 is 29.9 Å². The minimum atomic E-state index is -1.27. The van der Waals surface area contributed by atoms with E-state index >= 15 is 0 Å². The Kier molecular flexibility index (Phi) is 7.28. The van der Waals surface area contributed by atoms with Crippen molar-refractivity contribution in [1.82, 2.24) is 15.2 Å². The fourth-order valence-corrected chi connectivity index (χ4v) is 5.94. The summed E-state index contributed by atoms with van der Waals surface area (Å²) in [4.78, 5) is 53.2. The van der Waals surface area contributed by atoms with Gasteiger partial charge in [0.2, 0.25) is 0 Å². The minimum Gasteiger partial charge on any atom is -0.492 e. The van der Waals surface area contributed by atoms with Gasteiger partial charge in [-0.15, -0.1) is 11.8 Å². The van der Waals surface area contributed by atoms with Gasteiger partial charge < -0.3 is 20.0 Å². The number of aromatic nitrogens is 2. The molecule has 2 aromatic rings. The zero-order chi connectivity index (χ0) is 25.9. The minimum absolute atomic E-state index is 0.00346. The molecule has 0 aromatic carbocycles. The normalized spacial score (nSPS) is 21.8. The van der Waals surface area contributed by atoms with Crippen molar-refractivity contribution in [3.63, 3.8) is 0 Å². The standard InChI is InChI=1S/C23H24N6O6S2/c24-23-26-9-16(37-23)18(28-35-12-3-1-2-4-12)20(30)27-17-14-10-34-15(11-36-13-5-7-25-8-6-13)19(22(32)33)29(14)21(17)31/h5-9,12,14,17H,1-4,10-11H2,(H2,24,26)(H,27,30)(H,32,33)/p+1/b28-18-/t14-,17+/m1/s1. The fraction of sp³-hybridized carbons (Fsp3) is 0.391. The molecule has 2 amide bonds. The number of pyridine rings is 1. The van der Waals surface area contributed by atoms with E-state index in [-0.39, 0.29) is 35.6 Å². The van der Waals surface area contributed by atoms with Crippen LogP contribution in [0.3, 0.4) is 0 Å². The summed E-state index contributed by atoms with van der Waals surface area (Å²) in [5.41, 5.74) is 5.58. The lowest BCUT2D eigenvalue weighted by Gasteiger charge is -2.49. The number of nitrogens with zero attached hydrogens (tertiary/aromatic N) is 3. The molecule has 2 fully saturated rings. The number of nitrogens with two attached hydrogens (primary N) is 1. The van der Waals surface area contributed by atoms with Gasteiger partial charge in [-0.25, -0.2) is 9.78 Å². The molecule has 0 spiro atoms. The van der Waals surface area contributed by atoms with E-state index in [1.807, 2.05) is 0 Å². The third kappa shape index (κ3) is 5.25. The second kappa shape index (κ2) is 10.8. The van der Waals surface area contributed by atoms with Crippen LogP contribution in [0.15, 0.2) is 52.2 Å². The van der Waals surface area contributed by atoms with Gasteiger partial charge in [-0.1, -0.05) is 5.16 Å². The largest absolute Gasteiger partial charge is 0.492 e. The summed E-state index contributed by atoms with van der Waals surface area (Å²) >= 11 is 2.50. The molecule has 2 aromatic heterocycles. The first-order chi connectivity index (χ1) is 17.9. The number of fused-ring (bicyclic) bond motifs is 1. The van der Waals surface area contributed by atoms with Crippen LogP contribution in [0.25, 0.3) is 0 Å². The van der Waals surface area contributed by atoms with Crippen molar-refractivity contribution < 1.29 is 34.0 Å². The topological polar surface area (TPSA) is 171 Å². The number of thiazole rings is 1. The Morgan fingerprint density at radius 1 is 1.35 bits per heavy atom. The van der Waals surface area contributed by atoms with Crippen LogP contribution < -0.4 is 16.0 Å². The van der Waals surface area contributed by atoms with E-state index in [1.54, 1.807) is 30.7 Å². The number of thioether (sulfide) groups is 1. The van der Waals surface area contributed by atoms with Gasteiger partial charge in [-0.3, -0.25) is 25.2 Å². The number of aromatic amines is 1. The maximum Gasteiger partial charge on any atom is 0.356 e. The van der Waals surface area contributed by atoms with Crippen LogP contribution in [0, 0.1) is 0 Å². The fourth-order valence-electron chi connectivity index (χ4n) is 4.41. The van der Waals surface area contributed by atoms with Gasteiger partial charge in [0.25, 0.3) is 11.8 Å². The summed E-state index contributed by atoms with van der Waals surface area (Å²) in [6.07, 6.45) is 8.55. The number of carboxylic acid groups (broad SMARTS) is 1. The van der Waals surface area contributed by atoms with Gasteiger partial charge in [0.1, 0.15) is 41.6 Å². The van der Waals surface area contributed by atoms with E-state index in [0.29, 0.717) is 10.0 Å². The van der Waals surface area contributed by atoms with E-state index in [4.69, 9.17) is 15.3 Å². The quantitative estimate of drug-likeness (QED) is 0.180. The van der Waals surface area contributed by atoms with Gasteiger partial charge in [0.05, 0.1) is 5.75 Å². The van der Waals surface area contributed by atoms with Gasteiger partial charge in [-0.05, 0) is 49.2 Å². The Balaban J connectivity index is 1.30. The number of hydrogen-bond acceptors (Lipinski definition) is 10. The van der Waals surface area contributed by atoms with Crippen LogP contribution in [0.2, 0.25) is 0 Å². The highest BCUT2D eigenvalue weighted by Gasteiger charge is 2.55. The van der Waals surface area contributed by atoms with Crippen LogP contribution in [0.4, 0.5) is 5.13 Å². The number of H-pyrrole nitrogens is 1. The van der Waals surface area contributed by atoms with E-state index in [9.17, 15) is 19.5 Å².